The molecule has 0 aliphatic carbocycles. The molecule has 1 aromatic rings. The third kappa shape index (κ3) is 2.84. The zero-order valence-electron chi connectivity index (χ0n) is 10.2. The molecule has 1 aromatic carbocycles. The second kappa shape index (κ2) is 5.03. The molecule has 2 N–H and O–H groups in total. The smallest absolute Gasteiger partial charge is 0.416 e. The van der Waals surface area contributed by atoms with Gasteiger partial charge in [0.1, 0.15) is 0 Å². The van der Waals surface area contributed by atoms with E-state index in [1.807, 2.05) is 0 Å². The molecule has 0 atom stereocenters. The van der Waals surface area contributed by atoms with Crippen molar-refractivity contribution in [2.45, 2.75) is 6.18 Å². The van der Waals surface area contributed by atoms with E-state index in [1.165, 1.54) is 4.90 Å². The molecule has 0 radical (unpaired) electrons. The molecule has 0 bridgehead atoms. The largest absolute Gasteiger partial charge is 0.478 e. The Kier molecular flexibility index (Phi) is 3.56. The number of halogens is 3. The number of anilines is 1. The molecule has 0 aromatic heterocycles. The molecule has 8 heteroatoms. The van der Waals surface area contributed by atoms with Crippen LogP contribution in [0.2, 0.25) is 0 Å². The predicted molar refractivity (Wildman–Crippen MR) is 63.6 cm³/mol. The Bertz CT molecular complexity index is 557. The van der Waals surface area contributed by atoms with Gasteiger partial charge in [0.2, 0.25) is 5.91 Å². The fraction of sp³-hybridized carbons (Fsp3) is 0.333. The van der Waals surface area contributed by atoms with E-state index in [0.29, 0.717) is 19.2 Å². The van der Waals surface area contributed by atoms with Gasteiger partial charge in [0.05, 0.1) is 23.4 Å². The normalized spacial score (nSPS) is 15.9. The van der Waals surface area contributed by atoms with Crippen molar-refractivity contribution in [3.63, 3.8) is 0 Å². The average molecular weight is 288 g/mol. The van der Waals surface area contributed by atoms with Gasteiger partial charge in [-0.25, -0.2) is 4.79 Å². The van der Waals surface area contributed by atoms with Gasteiger partial charge in [-0.15, -0.1) is 0 Å². The Morgan fingerprint density at radius 2 is 2.05 bits per heavy atom. The molecule has 1 fully saturated rings. The Balaban J connectivity index is 2.42. The lowest BCUT2D eigenvalue weighted by Crippen LogP contribution is -2.48. The van der Waals surface area contributed by atoms with Crippen LogP contribution >= 0.6 is 0 Å². The summed E-state index contributed by atoms with van der Waals surface area (Å²) in [6, 6.07) is 2.49. The van der Waals surface area contributed by atoms with Crippen LogP contribution in [-0.2, 0) is 11.0 Å². The van der Waals surface area contributed by atoms with Gasteiger partial charge in [0.15, 0.2) is 0 Å². The van der Waals surface area contributed by atoms with Crippen LogP contribution in [0, 0.1) is 0 Å². The number of amides is 1. The quantitative estimate of drug-likeness (QED) is 0.861. The average Bonchev–Trinajstić information content (AvgIpc) is 2.37. The zero-order valence-corrected chi connectivity index (χ0v) is 10.2. The van der Waals surface area contributed by atoms with Crippen molar-refractivity contribution in [3.05, 3.63) is 29.3 Å². The fourth-order valence-electron chi connectivity index (χ4n) is 2.00. The third-order valence-electron chi connectivity index (χ3n) is 2.93. The Morgan fingerprint density at radius 1 is 1.35 bits per heavy atom. The van der Waals surface area contributed by atoms with Crippen molar-refractivity contribution >= 4 is 17.6 Å². The lowest BCUT2D eigenvalue weighted by Gasteiger charge is -2.29. The topological polar surface area (TPSA) is 69.6 Å². The van der Waals surface area contributed by atoms with E-state index in [-0.39, 0.29) is 18.1 Å². The van der Waals surface area contributed by atoms with Crippen LogP contribution in [-0.4, -0.2) is 36.6 Å². The van der Waals surface area contributed by atoms with Gasteiger partial charge in [0.25, 0.3) is 0 Å². The number of nitrogens with zero attached hydrogens (tertiary/aromatic N) is 1. The van der Waals surface area contributed by atoms with Crippen molar-refractivity contribution in [2.75, 3.05) is 24.5 Å². The number of aromatic carboxylic acids is 1. The van der Waals surface area contributed by atoms with Crippen molar-refractivity contribution < 1.29 is 27.9 Å². The van der Waals surface area contributed by atoms with Crippen molar-refractivity contribution in [1.29, 1.82) is 0 Å². The van der Waals surface area contributed by atoms with Crippen LogP contribution in [0.5, 0.6) is 0 Å². The maximum absolute atomic E-state index is 12.6. The first-order valence-corrected chi connectivity index (χ1v) is 5.75. The first-order chi connectivity index (χ1) is 9.29. The van der Waals surface area contributed by atoms with E-state index >= 15 is 0 Å². The van der Waals surface area contributed by atoms with Gasteiger partial charge in [-0.05, 0) is 18.2 Å². The number of carbonyl (C=O) groups excluding carboxylic acids is 1. The first-order valence-electron chi connectivity index (χ1n) is 5.75. The lowest BCUT2D eigenvalue weighted by atomic mass is 10.1. The number of rotatable bonds is 2. The van der Waals surface area contributed by atoms with E-state index in [9.17, 15) is 22.8 Å². The SMILES string of the molecule is O=C1CN(c2ccc(C(F)(F)F)cc2C(=O)O)CCN1. The van der Waals surface area contributed by atoms with Gasteiger partial charge in [-0.3, -0.25) is 4.79 Å². The molecular formula is C12H11F3N2O3. The standard InChI is InChI=1S/C12H11F3N2O3/c13-12(14,15)7-1-2-9(8(5-7)11(19)20)17-4-3-16-10(18)6-17/h1-2,5H,3-4,6H2,(H,16,18)(H,19,20). The number of nitrogens with one attached hydrogen (secondary N) is 1. The molecule has 20 heavy (non-hydrogen) atoms. The van der Waals surface area contributed by atoms with Crippen LogP contribution in [0.3, 0.4) is 0 Å². The highest BCUT2D eigenvalue weighted by Gasteiger charge is 2.32. The number of benzene rings is 1. The summed E-state index contributed by atoms with van der Waals surface area (Å²) in [6.07, 6.45) is -4.61. The predicted octanol–water partition coefficient (Wildman–Crippen LogP) is 1.34. The highest BCUT2D eigenvalue weighted by Crippen LogP contribution is 2.33. The monoisotopic (exact) mass is 288 g/mol. The van der Waals surface area contributed by atoms with Crippen LogP contribution in [0.4, 0.5) is 18.9 Å². The zero-order chi connectivity index (χ0) is 14.9. The van der Waals surface area contributed by atoms with Gasteiger partial charge >= 0.3 is 12.1 Å². The number of piperazine rings is 1. The van der Waals surface area contributed by atoms with Crippen LogP contribution in [0.15, 0.2) is 18.2 Å². The minimum absolute atomic E-state index is 0.0777. The molecule has 0 unspecified atom stereocenters. The van der Waals surface area contributed by atoms with E-state index < -0.39 is 23.3 Å². The Labute approximate surface area is 112 Å². The molecule has 1 aliphatic heterocycles. The molecule has 1 saturated heterocycles. The summed E-state index contributed by atoms with van der Waals surface area (Å²) in [4.78, 5) is 23.9. The van der Waals surface area contributed by atoms with Crippen LogP contribution in [0.25, 0.3) is 0 Å². The van der Waals surface area contributed by atoms with Crippen LogP contribution < -0.4 is 10.2 Å². The maximum atomic E-state index is 12.6. The van der Waals surface area contributed by atoms with Gasteiger partial charge in [-0.2, -0.15) is 13.2 Å². The molecule has 5 nitrogen and oxygen atoms in total. The van der Waals surface area contributed by atoms with Gasteiger partial charge in [-0.1, -0.05) is 0 Å². The summed E-state index contributed by atoms with van der Waals surface area (Å²) < 4.78 is 37.8. The van der Waals surface area contributed by atoms with Crippen molar-refractivity contribution in [3.8, 4) is 0 Å². The first kappa shape index (κ1) is 14.2. The van der Waals surface area contributed by atoms with Gasteiger partial charge < -0.3 is 15.3 Å². The summed E-state index contributed by atoms with van der Waals surface area (Å²) in [7, 11) is 0. The summed E-state index contributed by atoms with van der Waals surface area (Å²) in [5.74, 6) is -1.76. The highest BCUT2D eigenvalue weighted by molar-refractivity contribution is 5.96. The maximum Gasteiger partial charge on any atom is 0.416 e. The minimum atomic E-state index is -4.61. The minimum Gasteiger partial charge on any atom is -0.478 e. The Morgan fingerprint density at radius 3 is 2.60 bits per heavy atom. The number of hydrogen-bond acceptors (Lipinski definition) is 3. The molecule has 0 spiro atoms. The van der Waals surface area contributed by atoms with E-state index in [0.717, 1.165) is 12.1 Å². The number of carboxylic acid groups (broad SMARTS) is 1. The summed E-state index contributed by atoms with van der Waals surface area (Å²) in [5.41, 5.74) is -1.38. The second-order valence-corrected chi connectivity index (χ2v) is 4.31. The van der Waals surface area contributed by atoms with Crippen molar-refractivity contribution in [1.82, 2.24) is 5.32 Å². The summed E-state index contributed by atoms with van der Waals surface area (Å²) >= 11 is 0. The summed E-state index contributed by atoms with van der Waals surface area (Å²) in [6.45, 7) is 0.585. The molecule has 1 amide bonds. The van der Waals surface area contributed by atoms with E-state index in [4.69, 9.17) is 5.11 Å². The molecule has 108 valence electrons. The third-order valence-corrected chi connectivity index (χ3v) is 2.93. The fourth-order valence-corrected chi connectivity index (χ4v) is 2.00. The van der Waals surface area contributed by atoms with Crippen LogP contribution in [0.1, 0.15) is 15.9 Å². The lowest BCUT2D eigenvalue weighted by molar-refractivity contribution is -0.137. The Hall–Kier alpha value is -2.25. The van der Waals surface area contributed by atoms with Gasteiger partial charge in [0, 0.05) is 13.1 Å². The number of carboxylic acids is 1. The molecule has 1 aliphatic rings. The van der Waals surface area contributed by atoms with Crippen molar-refractivity contribution in [2.24, 2.45) is 0 Å². The van der Waals surface area contributed by atoms with E-state index in [2.05, 4.69) is 5.32 Å². The molecule has 2 rings (SSSR count). The number of hydrogen-bond donors (Lipinski definition) is 2. The highest BCUT2D eigenvalue weighted by atomic mass is 19.4. The number of alkyl halides is 3. The summed E-state index contributed by atoms with van der Waals surface area (Å²) in [5, 5.41) is 11.6. The second-order valence-electron chi connectivity index (χ2n) is 4.31. The molecule has 0 saturated carbocycles. The number of carbonyl (C=O) groups is 2. The molecule has 1 heterocycles. The van der Waals surface area contributed by atoms with E-state index in [1.54, 1.807) is 0 Å². The molecular weight excluding hydrogens is 277 g/mol.